The van der Waals surface area contributed by atoms with Crippen molar-refractivity contribution >= 4 is 17.9 Å². The molecule has 0 bridgehead atoms. The molecule has 2 amide bonds. The molecule has 0 radical (unpaired) electrons. The van der Waals surface area contributed by atoms with Gasteiger partial charge in [-0.3, -0.25) is 9.59 Å². The summed E-state index contributed by atoms with van der Waals surface area (Å²) < 4.78 is 5.27. The topological polar surface area (TPSA) is 49.9 Å². The van der Waals surface area contributed by atoms with Gasteiger partial charge in [0.25, 0.3) is 0 Å². The van der Waals surface area contributed by atoms with Crippen LogP contribution in [-0.4, -0.2) is 47.9 Å². The predicted octanol–water partition coefficient (Wildman–Crippen LogP) is 4.77. The molecule has 5 nitrogen and oxygen atoms in total. The molecule has 2 aromatic rings. The number of nitrogens with zero attached hydrogens (tertiary/aromatic N) is 2. The van der Waals surface area contributed by atoms with E-state index in [2.05, 4.69) is 11.8 Å². The fourth-order valence-electron chi connectivity index (χ4n) is 4.60. The second kappa shape index (κ2) is 10.7. The number of amides is 2. The number of ether oxygens (including phenoxy) is 1. The van der Waals surface area contributed by atoms with Crippen LogP contribution in [0.25, 0.3) is 6.08 Å². The van der Waals surface area contributed by atoms with Gasteiger partial charge in [-0.25, -0.2) is 0 Å². The number of likely N-dealkylation sites (tertiary alicyclic amines) is 1. The minimum atomic E-state index is -0.0217. The summed E-state index contributed by atoms with van der Waals surface area (Å²) in [4.78, 5) is 30.1. The maximum atomic E-state index is 13.6. The summed E-state index contributed by atoms with van der Waals surface area (Å²) in [6.07, 6.45) is 7.35. The Morgan fingerprint density at radius 1 is 1.03 bits per heavy atom. The van der Waals surface area contributed by atoms with Crippen LogP contribution in [0.15, 0.2) is 60.7 Å². The van der Waals surface area contributed by atoms with E-state index in [0.717, 1.165) is 29.7 Å². The SMILES string of the molecule is COc1ccc(CN(C(=O)C2CCN(C(=O)C=Cc3ccccc3)CC2)C(C)C2CC2)cc1. The molecule has 0 N–H and O–H groups in total. The molecule has 1 heterocycles. The first kappa shape index (κ1) is 23.1. The van der Waals surface area contributed by atoms with Crippen molar-refractivity contribution in [3.63, 3.8) is 0 Å². The number of carbonyl (C=O) groups excluding carboxylic acids is 2. The van der Waals surface area contributed by atoms with Gasteiger partial charge in [0.15, 0.2) is 0 Å². The second-order valence-electron chi connectivity index (χ2n) is 9.24. The number of rotatable bonds is 8. The van der Waals surface area contributed by atoms with Gasteiger partial charge < -0.3 is 14.5 Å². The summed E-state index contributed by atoms with van der Waals surface area (Å²) in [7, 11) is 1.66. The van der Waals surface area contributed by atoms with Crippen molar-refractivity contribution in [2.24, 2.45) is 11.8 Å². The molecule has 2 aliphatic rings. The van der Waals surface area contributed by atoms with Crippen LogP contribution in [0.5, 0.6) is 5.75 Å². The molecule has 1 atom stereocenters. The molecular formula is C28H34N2O3. The number of hydrogen-bond donors (Lipinski definition) is 0. The summed E-state index contributed by atoms with van der Waals surface area (Å²) in [6.45, 7) is 4.07. The highest BCUT2D eigenvalue weighted by Gasteiger charge is 2.37. The Bertz CT molecular complexity index is 958. The molecule has 1 unspecified atom stereocenters. The van der Waals surface area contributed by atoms with E-state index in [9.17, 15) is 9.59 Å². The van der Waals surface area contributed by atoms with Crippen molar-refractivity contribution in [1.29, 1.82) is 0 Å². The minimum absolute atomic E-state index is 0.0196. The molecule has 2 fully saturated rings. The van der Waals surface area contributed by atoms with Gasteiger partial charge in [-0.1, -0.05) is 42.5 Å². The zero-order valence-corrected chi connectivity index (χ0v) is 19.7. The molecule has 174 valence electrons. The van der Waals surface area contributed by atoms with E-state index in [4.69, 9.17) is 4.74 Å². The first-order valence-electron chi connectivity index (χ1n) is 12.0. The van der Waals surface area contributed by atoms with Gasteiger partial charge in [-0.05, 0) is 67.9 Å². The molecule has 4 rings (SSSR count). The van der Waals surface area contributed by atoms with Crippen LogP contribution in [0, 0.1) is 11.8 Å². The lowest BCUT2D eigenvalue weighted by Crippen LogP contribution is -2.47. The number of hydrogen-bond acceptors (Lipinski definition) is 3. The fraction of sp³-hybridized carbons (Fsp3) is 0.429. The van der Waals surface area contributed by atoms with E-state index < -0.39 is 0 Å². The van der Waals surface area contributed by atoms with Crippen LogP contribution in [0.1, 0.15) is 43.7 Å². The number of benzene rings is 2. The summed E-state index contributed by atoms with van der Waals surface area (Å²) in [6, 6.07) is 18.1. The van der Waals surface area contributed by atoms with Crippen LogP contribution < -0.4 is 4.74 Å². The van der Waals surface area contributed by atoms with E-state index in [-0.39, 0.29) is 23.8 Å². The molecule has 1 saturated carbocycles. The maximum Gasteiger partial charge on any atom is 0.246 e. The Balaban J connectivity index is 1.36. The van der Waals surface area contributed by atoms with Gasteiger partial charge in [0.2, 0.25) is 11.8 Å². The Kier molecular flexibility index (Phi) is 7.48. The standard InChI is InChI=1S/C28H34N2O3/c1-21(24-11-12-24)30(20-23-8-13-26(33-2)14-9-23)28(32)25-16-18-29(19-17-25)27(31)15-10-22-6-4-3-5-7-22/h3-10,13-15,21,24-25H,11-12,16-20H2,1-2H3. The largest absolute Gasteiger partial charge is 0.497 e. The third-order valence-corrected chi connectivity index (χ3v) is 6.96. The first-order valence-corrected chi connectivity index (χ1v) is 12.0. The molecule has 1 aliphatic heterocycles. The quantitative estimate of drug-likeness (QED) is 0.549. The van der Waals surface area contributed by atoms with Crippen LogP contribution in [-0.2, 0) is 16.1 Å². The summed E-state index contributed by atoms with van der Waals surface area (Å²) >= 11 is 0. The normalized spacial score (nSPS) is 17.7. The lowest BCUT2D eigenvalue weighted by molar-refractivity contribution is -0.142. The summed E-state index contributed by atoms with van der Waals surface area (Å²) in [5, 5.41) is 0. The molecule has 1 aliphatic carbocycles. The Hall–Kier alpha value is -3.08. The highest BCUT2D eigenvalue weighted by molar-refractivity contribution is 5.92. The molecule has 33 heavy (non-hydrogen) atoms. The van der Waals surface area contributed by atoms with Crippen LogP contribution >= 0.6 is 0 Å². The molecule has 0 aromatic heterocycles. The minimum Gasteiger partial charge on any atom is -0.497 e. The lowest BCUT2D eigenvalue weighted by Gasteiger charge is -2.36. The number of piperidine rings is 1. The van der Waals surface area contributed by atoms with Crippen LogP contribution in [0.2, 0.25) is 0 Å². The third-order valence-electron chi connectivity index (χ3n) is 6.96. The van der Waals surface area contributed by atoms with Gasteiger partial charge in [-0.2, -0.15) is 0 Å². The van der Waals surface area contributed by atoms with E-state index in [1.54, 1.807) is 13.2 Å². The van der Waals surface area contributed by atoms with Crippen molar-refractivity contribution in [2.75, 3.05) is 20.2 Å². The molecule has 5 heteroatoms. The average Bonchev–Trinajstić information content (AvgIpc) is 3.72. The van der Waals surface area contributed by atoms with Gasteiger partial charge in [0, 0.05) is 37.7 Å². The first-order chi connectivity index (χ1) is 16.0. The number of carbonyl (C=O) groups is 2. The van der Waals surface area contributed by atoms with E-state index in [1.807, 2.05) is 65.6 Å². The Labute approximate surface area is 197 Å². The summed E-state index contributed by atoms with van der Waals surface area (Å²) in [5.41, 5.74) is 2.13. The molecule has 2 aromatic carbocycles. The van der Waals surface area contributed by atoms with Crippen molar-refractivity contribution in [2.45, 2.75) is 45.2 Å². The highest BCUT2D eigenvalue weighted by atomic mass is 16.5. The van der Waals surface area contributed by atoms with Crippen molar-refractivity contribution in [3.8, 4) is 5.75 Å². The maximum absolute atomic E-state index is 13.6. The second-order valence-corrected chi connectivity index (χ2v) is 9.24. The monoisotopic (exact) mass is 446 g/mol. The van der Waals surface area contributed by atoms with E-state index in [1.165, 1.54) is 12.8 Å². The van der Waals surface area contributed by atoms with Gasteiger partial charge >= 0.3 is 0 Å². The predicted molar refractivity (Wildman–Crippen MR) is 131 cm³/mol. The van der Waals surface area contributed by atoms with Crippen molar-refractivity contribution < 1.29 is 14.3 Å². The summed E-state index contributed by atoms with van der Waals surface area (Å²) in [5.74, 6) is 1.66. The lowest BCUT2D eigenvalue weighted by atomic mass is 9.93. The van der Waals surface area contributed by atoms with Gasteiger partial charge in [0.05, 0.1) is 7.11 Å². The molecule has 0 spiro atoms. The molecule has 1 saturated heterocycles. The van der Waals surface area contributed by atoms with Crippen molar-refractivity contribution in [1.82, 2.24) is 9.80 Å². The smallest absolute Gasteiger partial charge is 0.246 e. The van der Waals surface area contributed by atoms with E-state index in [0.29, 0.717) is 25.6 Å². The zero-order valence-electron chi connectivity index (χ0n) is 19.7. The Morgan fingerprint density at radius 2 is 1.70 bits per heavy atom. The average molecular weight is 447 g/mol. The van der Waals surface area contributed by atoms with Crippen LogP contribution in [0.4, 0.5) is 0 Å². The Morgan fingerprint density at radius 3 is 2.30 bits per heavy atom. The zero-order chi connectivity index (χ0) is 23.2. The van der Waals surface area contributed by atoms with Gasteiger partial charge in [0.1, 0.15) is 5.75 Å². The highest BCUT2D eigenvalue weighted by Crippen LogP contribution is 2.37. The van der Waals surface area contributed by atoms with E-state index >= 15 is 0 Å². The fourth-order valence-corrected chi connectivity index (χ4v) is 4.60. The number of methoxy groups -OCH3 is 1. The van der Waals surface area contributed by atoms with Gasteiger partial charge in [-0.15, -0.1) is 0 Å². The third kappa shape index (κ3) is 6.04. The molecular weight excluding hydrogens is 412 g/mol. The van der Waals surface area contributed by atoms with Crippen molar-refractivity contribution in [3.05, 3.63) is 71.8 Å². The van der Waals surface area contributed by atoms with Crippen LogP contribution in [0.3, 0.4) is 0 Å².